The van der Waals surface area contributed by atoms with Crippen LogP contribution in [0.5, 0.6) is 0 Å². The van der Waals surface area contributed by atoms with E-state index in [4.69, 9.17) is 8.83 Å². The van der Waals surface area contributed by atoms with Crippen molar-refractivity contribution in [3.8, 4) is 22.3 Å². The third-order valence-electron chi connectivity index (χ3n) is 10.8. The lowest BCUT2D eigenvalue weighted by molar-refractivity contribution is 0.663. The second-order valence-corrected chi connectivity index (χ2v) is 14.6. The average molecular weight is 667 g/mol. The highest BCUT2D eigenvalue weighted by molar-refractivity contribution is 7.25. The van der Waals surface area contributed by atoms with Crippen molar-refractivity contribution >= 4 is 108 Å². The van der Waals surface area contributed by atoms with Crippen LogP contribution in [0.3, 0.4) is 0 Å². The number of para-hydroxylation sites is 1. The Bertz CT molecular complexity index is 3370. The summed E-state index contributed by atoms with van der Waals surface area (Å²) in [7, 11) is 0. The summed E-state index contributed by atoms with van der Waals surface area (Å²) in [6, 6.07) is 57.2. The molecule has 3 heteroatoms. The minimum atomic E-state index is 0.867. The number of benzene rings is 9. The van der Waals surface area contributed by atoms with Crippen molar-refractivity contribution in [2.75, 3.05) is 0 Å². The molecule has 3 aromatic heterocycles. The molecule has 0 unspecified atom stereocenters. The van der Waals surface area contributed by atoms with E-state index in [1.54, 1.807) is 0 Å². The molecule has 12 rings (SSSR count). The molecule has 0 aliphatic heterocycles. The molecule has 51 heavy (non-hydrogen) atoms. The van der Waals surface area contributed by atoms with Gasteiger partial charge in [-0.05, 0) is 91.6 Å². The summed E-state index contributed by atoms with van der Waals surface area (Å²) in [6.45, 7) is 0. The molecule has 236 valence electrons. The van der Waals surface area contributed by atoms with Crippen molar-refractivity contribution in [1.82, 2.24) is 0 Å². The zero-order chi connectivity index (χ0) is 33.2. The van der Waals surface area contributed by atoms with Gasteiger partial charge in [0.1, 0.15) is 22.3 Å². The molecule has 0 saturated heterocycles. The summed E-state index contributed by atoms with van der Waals surface area (Å²) < 4.78 is 15.8. The van der Waals surface area contributed by atoms with E-state index in [1.165, 1.54) is 64.0 Å². The van der Waals surface area contributed by atoms with Crippen LogP contribution < -0.4 is 0 Å². The zero-order valence-corrected chi connectivity index (χ0v) is 28.1. The predicted octanol–water partition coefficient (Wildman–Crippen LogP) is 14.6. The van der Waals surface area contributed by atoms with E-state index in [9.17, 15) is 0 Å². The fourth-order valence-corrected chi connectivity index (χ4v) is 9.75. The Hall–Kier alpha value is -6.42. The maximum Gasteiger partial charge on any atom is 0.147 e. The topological polar surface area (TPSA) is 26.3 Å². The summed E-state index contributed by atoms with van der Waals surface area (Å²) >= 11 is 1.87. The Kier molecular flexibility index (Phi) is 5.41. The van der Waals surface area contributed by atoms with Gasteiger partial charge in [0.25, 0.3) is 0 Å². The van der Waals surface area contributed by atoms with Crippen LogP contribution in [0.4, 0.5) is 0 Å². The molecule has 0 N–H and O–H groups in total. The smallest absolute Gasteiger partial charge is 0.147 e. The molecule has 0 atom stereocenters. The number of fused-ring (bicyclic) bond motifs is 14. The summed E-state index contributed by atoms with van der Waals surface area (Å²) in [5.41, 5.74) is 8.44. The molecule has 0 fully saturated rings. The van der Waals surface area contributed by atoms with Crippen LogP contribution in [0.25, 0.3) is 119 Å². The second kappa shape index (κ2) is 10.1. The van der Waals surface area contributed by atoms with Crippen molar-refractivity contribution in [1.29, 1.82) is 0 Å². The number of rotatable bonds is 2. The number of hydrogen-bond acceptors (Lipinski definition) is 3. The van der Waals surface area contributed by atoms with Gasteiger partial charge in [-0.1, -0.05) is 115 Å². The molecule has 0 bridgehead atoms. The van der Waals surface area contributed by atoms with Gasteiger partial charge in [-0.25, -0.2) is 0 Å². The highest BCUT2D eigenvalue weighted by Gasteiger charge is 2.20. The monoisotopic (exact) mass is 666 g/mol. The van der Waals surface area contributed by atoms with E-state index >= 15 is 0 Å². The molecule has 0 aliphatic carbocycles. The van der Waals surface area contributed by atoms with Crippen molar-refractivity contribution in [2.45, 2.75) is 0 Å². The van der Waals surface area contributed by atoms with Crippen LogP contribution in [-0.2, 0) is 0 Å². The highest BCUT2D eigenvalue weighted by atomic mass is 32.1. The van der Waals surface area contributed by atoms with Gasteiger partial charge in [0.05, 0.1) is 5.39 Å². The number of thiophene rings is 1. The first-order valence-corrected chi connectivity index (χ1v) is 18.1. The zero-order valence-electron chi connectivity index (χ0n) is 27.2. The van der Waals surface area contributed by atoms with Crippen LogP contribution in [-0.4, -0.2) is 0 Å². The van der Waals surface area contributed by atoms with E-state index in [2.05, 4.69) is 146 Å². The molecular formula is C48H26O2S. The second-order valence-electron chi connectivity index (χ2n) is 13.5. The molecule has 0 radical (unpaired) electrons. The number of hydrogen-bond donors (Lipinski definition) is 0. The Balaban J connectivity index is 1.12. The lowest BCUT2D eigenvalue weighted by atomic mass is 9.85. The predicted molar refractivity (Wildman–Crippen MR) is 217 cm³/mol. The maximum atomic E-state index is 6.71. The van der Waals surface area contributed by atoms with E-state index in [0.717, 1.165) is 54.6 Å². The molecule has 9 aromatic carbocycles. The first-order valence-electron chi connectivity index (χ1n) is 17.3. The van der Waals surface area contributed by atoms with Crippen LogP contribution in [0.15, 0.2) is 167 Å². The van der Waals surface area contributed by atoms with E-state index in [-0.39, 0.29) is 0 Å². The van der Waals surface area contributed by atoms with Gasteiger partial charge >= 0.3 is 0 Å². The first kappa shape index (κ1) is 27.4. The molecule has 0 amide bonds. The Morgan fingerprint density at radius 3 is 1.51 bits per heavy atom. The van der Waals surface area contributed by atoms with Gasteiger partial charge < -0.3 is 8.83 Å². The molecule has 2 nitrogen and oxygen atoms in total. The number of furan rings is 2. The minimum absolute atomic E-state index is 0.867. The van der Waals surface area contributed by atoms with E-state index in [1.807, 2.05) is 23.5 Å². The SMILES string of the molecule is c1ccc2c(c1)oc1c2ccc2ccc3c4cc(-c5c6ccccc6c(-c6ccc7c(c6)sc6ccccc67)c6ccccc56)ccc4oc3c21. The van der Waals surface area contributed by atoms with Crippen LogP contribution in [0, 0.1) is 0 Å². The Labute approximate surface area is 295 Å². The lowest BCUT2D eigenvalue weighted by Crippen LogP contribution is -1.90. The summed E-state index contributed by atoms with van der Waals surface area (Å²) in [5.74, 6) is 0. The standard InChI is InChI=1S/C48H26O2S/c1-3-13-35-33(11-1)44(34-12-2-4-14-36(34)45(35)29-19-21-32-31-10-6-8-16-42(31)51-43(32)26-29)28-20-24-41-39(25-28)38-23-18-27-17-22-37-30-9-5-7-15-40(30)49-47(37)46(27)48(38)50-41/h1-26H. The first-order chi connectivity index (χ1) is 25.3. The molecule has 0 aliphatic rings. The van der Waals surface area contributed by atoms with Gasteiger partial charge in [-0.3, -0.25) is 0 Å². The van der Waals surface area contributed by atoms with Gasteiger partial charge in [-0.2, -0.15) is 0 Å². The van der Waals surface area contributed by atoms with Crippen molar-refractivity contribution in [3.05, 3.63) is 158 Å². The third kappa shape index (κ3) is 3.76. The van der Waals surface area contributed by atoms with Crippen LogP contribution in [0.1, 0.15) is 0 Å². The Morgan fingerprint density at radius 1 is 0.333 bits per heavy atom. The van der Waals surface area contributed by atoms with Gasteiger partial charge in [-0.15, -0.1) is 11.3 Å². The molecular weight excluding hydrogens is 641 g/mol. The maximum absolute atomic E-state index is 6.71. The van der Waals surface area contributed by atoms with Crippen LogP contribution >= 0.6 is 11.3 Å². The van der Waals surface area contributed by atoms with E-state index in [0.29, 0.717) is 0 Å². The highest BCUT2D eigenvalue weighted by Crippen LogP contribution is 2.47. The van der Waals surface area contributed by atoms with Crippen molar-refractivity contribution in [3.63, 3.8) is 0 Å². The minimum Gasteiger partial charge on any atom is -0.455 e. The largest absolute Gasteiger partial charge is 0.455 e. The molecule has 0 spiro atoms. The average Bonchev–Trinajstić information content (AvgIpc) is 3.87. The van der Waals surface area contributed by atoms with Crippen molar-refractivity contribution < 1.29 is 8.83 Å². The quantitative estimate of drug-likeness (QED) is 0.172. The summed E-state index contributed by atoms with van der Waals surface area (Å²) in [4.78, 5) is 0. The summed E-state index contributed by atoms with van der Waals surface area (Å²) in [6.07, 6.45) is 0. The molecule has 3 heterocycles. The Morgan fingerprint density at radius 2 is 0.824 bits per heavy atom. The summed E-state index contributed by atoms with van der Waals surface area (Å²) in [5, 5.41) is 14.2. The fourth-order valence-electron chi connectivity index (χ4n) is 8.61. The van der Waals surface area contributed by atoms with Crippen molar-refractivity contribution in [2.24, 2.45) is 0 Å². The van der Waals surface area contributed by atoms with Gasteiger partial charge in [0.15, 0.2) is 0 Å². The molecule has 0 saturated carbocycles. The fraction of sp³-hybridized carbons (Fsp3) is 0. The normalized spacial score (nSPS) is 12.3. The van der Waals surface area contributed by atoms with Crippen LogP contribution in [0.2, 0.25) is 0 Å². The lowest BCUT2D eigenvalue weighted by Gasteiger charge is -2.18. The van der Waals surface area contributed by atoms with Gasteiger partial charge in [0, 0.05) is 41.7 Å². The van der Waals surface area contributed by atoms with Gasteiger partial charge in [0.2, 0.25) is 0 Å². The van der Waals surface area contributed by atoms with E-state index < -0.39 is 0 Å². The molecule has 12 aromatic rings. The third-order valence-corrected chi connectivity index (χ3v) is 12.0.